The van der Waals surface area contributed by atoms with Crippen molar-refractivity contribution in [3.8, 4) is 0 Å². The number of aromatic nitrogens is 2. The van der Waals surface area contributed by atoms with Crippen LogP contribution in [-0.2, 0) is 13.1 Å². The molecule has 108 valence electrons. The van der Waals surface area contributed by atoms with Crippen molar-refractivity contribution in [3.63, 3.8) is 0 Å². The van der Waals surface area contributed by atoms with Gasteiger partial charge in [-0.05, 0) is 38.8 Å². The van der Waals surface area contributed by atoms with Gasteiger partial charge >= 0.3 is 0 Å². The fourth-order valence-corrected chi connectivity index (χ4v) is 2.67. The Morgan fingerprint density at radius 3 is 2.65 bits per heavy atom. The Hall–Kier alpha value is -1.32. The lowest BCUT2D eigenvalue weighted by molar-refractivity contribution is 0.529. The number of hydrogen-bond acceptors (Lipinski definition) is 2. The molecule has 0 unspecified atom stereocenters. The monoisotopic (exact) mass is 291 g/mol. The number of hydrogen-bond donors (Lipinski definition) is 1. The van der Waals surface area contributed by atoms with E-state index in [4.69, 9.17) is 11.6 Å². The first-order chi connectivity index (χ1) is 9.54. The number of halogens is 1. The lowest BCUT2D eigenvalue weighted by Gasteiger charge is -2.17. The van der Waals surface area contributed by atoms with E-state index >= 15 is 0 Å². The molecule has 0 aliphatic carbocycles. The molecule has 0 saturated carbocycles. The maximum atomic E-state index is 6.33. The molecule has 20 heavy (non-hydrogen) atoms. The lowest BCUT2D eigenvalue weighted by Crippen LogP contribution is -2.21. The van der Waals surface area contributed by atoms with Crippen molar-refractivity contribution in [1.29, 1.82) is 0 Å². The Balaban J connectivity index is 2.11. The first-order valence-electron chi connectivity index (χ1n) is 7.05. The fraction of sp³-hybridized carbons (Fsp3) is 0.438. The van der Waals surface area contributed by atoms with Gasteiger partial charge in [0.15, 0.2) is 0 Å². The first kappa shape index (κ1) is 15.1. The first-order valence-corrected chi connectivity index (χ1v) is 7.43. The Kier molecular flexibility index (Phi) is 4.84. The van der Waals surface area contributed by atoms with Gasteiger partial charge in [-0.3, -0.25) is 4.68 Å². The quantitative estimate of drug-likeness (QED) is 0.901. The molecular formula is C16H22ClN3. The minimum absolute atomic E-state index is 0.285. The predicted octanol–water partition coefficient (Wildman–Crippen LogP) is 4.02. The van der Waals surface area contributed by atoms with Gasteiger partial charge in [0.1, 0.15) is 0 Å². The third-order valence-electron chi connectivity index (χ3n) is 3.68. The van der Waals surface area contributed by atoms with E-state index in [0.29, 0.717) is 0 Å². The van der Waals surface area contributed by atoms with Crippen LogP contribution in [0.2, 0.25) is 5.02 Å². The molecule has 0 bridgehead atoms. The van der Waals surface area contributed by atoms with Crippen LogP contribution in [0.4, 0.5) is 0 Å². The molecule has 0 saturated heterocycles. The molecule has 1 heterocycles. The summed E-state index contributed by atoms with van der Waals surface area (Å²) in [5.41, 5.74) is 4.59. The van der Waals surface area contributed by atoms with Crippen LogP contribution in [0.1, 0.15) is 42.4 Å². The number of benzene rings is 1. The van der Waals surface area contributed by atoms with Crippen molar-refractivity contribution in [1.82, 2.24) is 15.1 Å². The second kappa shape index (κ2) is 6.42. The zero-order valence-electron chi connectivity index (χ0n) is 12.6. The summed E-state index contributed by atoms with van der Waals surface area (Å²) in [7, 11) is 0. The summed E-state index contributed by atoms with van der Waals surface area (Å²) in [6.07, 6.45) is 0. The maximum Gasteiger partial charge on any atom is 0.0860 e. The van der Waals surface area contributed by atoms with Crippen molar-refractivity contribution in [2.24, 2.45) is 0 Å². The van der Waals surface area contributed by atoms with Crippen molar-refractivity contribution in [2.45, 2.75) is 46.8 Å². The third-order valence-corrected chi connectivity index (χ3v) is 4.18. The number of aryl methyl sites for hydroxylation is 3. The number of nitrogens with zero attached hydrogens (tertiary/aromatic N) is 2. The summed E-state index contributed by atoms with van der Waals surface area (Å²) < 4.78 is 1.97. The second-order valence-corrected chi connectivity index (χ2v) is 5.50. The minimum Gasteiger partial charge on any atom is -0.305 e. The van der Waals surface area contributed by atoms with Gasteiger partial charge in [0.2, 0.25) is 0 Å². The van der Waals surface area contributed by atoms with E-state index in [9.17, 15) is 0 Å². The molecule has 3 nitrogen and oxygen atoms in total. The molecule has 4 heteroatoms. The zero-order chi connectivity index (χ0) is 14.7. The maximum absolute atomic E-state index is 6.33. The van der Waals surface area contributed by atoms with Crippen LogP contribution in [0.3, 0.4) is 0 Å². The zero-order valence-corrected chi connectivity index (χ0v) is 13.3. The van der Waals surface area contributed by atoms with Crippen LogP contribution < -0.4 is 5.32 Å². The van der Waals surface area contributed by atoms with E-state index in [0.717, 1.165) is 29.5 Å². The molecule has 0 aliphatic heterocycles. The number of nitrogens with one attached hydrogen (secondary N) is 1. The van der Waals surface area contributed by atoms with Crippen LogP contribution in [0.25, 0.3) is 0 Å². The molecular weight excluding hydrogens is 270 g/mol. The minimum atomic E-state index is 0.285. The van der Waals surface area contributed by atoms with Crippen molar-refractivity contribution in [3.05, 3.63) is 51.8 Å². The Bertz CT molecular complexity index is 589. The van der Waals surface area contributed by atoms with E-state index in [1.54, 1.807) is 0 Å². The van der Waals surface area contributed by atoms with Crippen LogP contribution in [-0.4, -0.2) is 9.78 Å². The van der Waals surface area contributed by atoms with Crippen LogP contribution in [0.5, 0.6) is 0 Å². The highest BCUT2D eigenvalue weighted by atomic mass is 35.5. The highest BCUT2D eigenvalue weighted by Crippen LogP contribution is 2.22. The third kappa shape index (κ3) is 3.05. The van der Waals surface area contributed by atoms with Crippen molar-refractivity contribution < 1.29 is 0 Å². The fourth-order valence-electron chi connectivity index (χ4n) is 2.47. The van der Waals surface area contributed by atoms with E-state index in [1.807, 2.05) is 11.6 Å². The smallest absolute Gasteiger partial charge is 0.0860 e. The molecule has 0 spiro atoms. The summed E-state index contributed by atoms with van der Waals surface area (Å²) in [5.74, 6) is 0. The van der Waals surface area contributed by atoms with Gasteiger partial charge < -0.3 is 5.32 Å². The molecule has 1 atom stereocenters. The molecule has 1 aromatic carbocycles. The summed E-state index contributed by atoms with van der Waals surface area (Å²) in [5, 5.41) is 8.76. The van der Waals surface area contributed by atoms with E-state index < -0.39 is 0 Å². The Labute approximate surface area is 126 Å². The summed E-state index contributed by atoms with van der Waals surface area (Å²) in [4.78, 5) is 0. The molecule has 0 radical (unpaired) electrons. The number of rotatable bonds is 5. The van der Waals surface area contributed by atoms with Gasteiger partial charge in [0, 0.05) is 19.1 Å². The van der Waals surface area contributed by atoms with Gasteiger partial charge in [-0.2, -0.15) is 5.10 Å². The topological polar surface area (TPSA) is 29.9 Å². The van der Waals surface area contributed by atoms with Gasteiger partial charge in [0.05, 0.1) is 16.4 Å². The predicted molar refractivity (Wildman–Crippen MR) is 84.1 cm³/mol. The Morgan fingerprint density at radius 2 is 2.00 bits per heavy atom. The second-order valence-electron chi connectivity index (χ2n) is 5.12. The largest absolute Gasteiger partial charge is 0.305 e. The summed E-state index contributed by atoms with van der Waals surface area (Å²) in [6.45, 7) is 9.91. The SMILES string of the molecule is CCn1nc(C)c(Cl)c1CN[C@@H](C)c1ccccc1C. The molecule has 2 rings (SSSR count). The molecule has 1 aromatic heterocycles. The van der Waals surface area contributed by atoms with Gasteiger partial charge in [-0.25, -0.2) is 0 Å². The molecule has 0 amide bonds. The van der Waals surface area contributed by atoms with Crippen LogP contribution in [0.15, 0.2) is 24.3 Å². The molecule has 2 aromatic rings. The normalized spacial score (nSPS) is 12.7. The lowest BCUT2D eigenvalue weighted by atomic mass is 10.0. The van der Waals surface area contributed by atoms with Crippen LogP contribution in [0, 0.1) is 13.8 Å². The molecule has 1 N–H and O–H groups in total. The standard InChI is InChI=1S/C16H22ClN3/c1-5-20-15(16(17)13(4)19-20)10-18-12(3)14-9-7-6-8-11(14)2/h6-9,12,18H,5,10H2,1-4H3/t12-/m0/s1. The molecule has 0 fully saturated rings. The highest BCUT2D eigenvalue weighted by molar-refractivity contribution is 6.31. The van der Waals surface area contributed by atoms with Gasteiger partial charge in [-0.1, -0.05) is 35.9 Å². The van der Waals surface area contributed by atoms with E-state index in [2.05, 4.69) is 55.5 Å². The van der Waals surface area contributed by atoms with Crippen LogP contribution >= 0.6 is 11.6 Å². The van der Waals surface area contributed by atoms with Crippen molar-refractivity contribution >= 4 is 11.6 Å². The Morgan fingerprint density at radius 1 is 1.30 bits per heavy atom. The average molecular weight is 292 g/mol. The van der Waals surface area contributed by atoms with E-state index in [1.165, 1.54) is 11.1 Å². The molecule has 0 aliphatic rings. The highest BCUT2D eigenvalue weighted by Gasteiger charge is 2.14. The summed E-state index contributed by atoms with van der Waals surface area (Å²) in [6, 6.07) is 8.73. The van der Waals surface area contributed by atoms with Crippen molar-refractivity contribution in [2.75, 3.05) is 0 Å². The average Bonchev–Trinajstić information content (AvgIpc) is 2.72. The van der Waals surface area contributed by atoms with E-state index in [-0.39, 0.29) is 6.04 Å². The van der Waals surface area contributed by atoms with Gasteiger partial charge in [0.25, 0.3) is 0 Å². The van der Waals surface area contributed by atoms with Gasteiger partial charge in [-0.15, -0.1) is 0 Å². The summed E-state index contributed by atoms with van der Waals surface area (Å²) >= 11 is 6.33.